The fourth-order valence-corrected chi connectivity index (χ4v) is 4.01. The number of hydrogen-bond acceptors (Lipinski definition) is 5. The molecule has 0 saturated carbocycles. The SMILES string of the molecule is Cc1nn(-c2ccc(F)cc2)c2sc(C(=O)NC(C)(C)CNC(=O)OC(C)(C)C)cc12. The summed E-state index contributed by atoms with van der Waals surface area (Å²) in [6, 6.07) is 7.84. The van der Waals surface area contributed by atoms with Gasteiger partial charge >= 0.3 is 6.09 Å². The minimum atomic E-state index is -0.692. The third-order valence-corrected chi connectivity index (χ3v) is 5.47. The maximum Gasteiger partial charge on any atom is 0.407 e. The quantitative estimate of drug-likeness (QED) is 0.601. The largest absolute Gasteiger partial charge is 0.444 e. The third-order valence-electron chi connectivity index (χ3n) is 4.37. The van der Waals surface area contributed by atoms with E-state index in [0.29, 0.717) is 4.88 Å². The predicted octanol–water partition coefficient (Wildman–Crippen LogP) is 4.57. The van der Waals surface area contributed by atoms with E-state index in [1.54, 1.807) is 43.7 Å². The van der Waals surface area contributed by atoms with Crippen molar-refractivity contribution in [2.45, 2.75) is 52.7 Å². The van der Waals surface area contributed by atoms with Crippen LogP contribution in [0.2, 0.25) is 0 Å². The van der Waals surface area contributed by atoms with Crippen molar-refractivity contribution in [1.29, 1.82) is 0 Å². The van der Waals surface area contributed by atoms with Gasteiger partial charge in [-0.15, -0.1) is 11.3 Å². The second-order valence-electron chi connectivity index (χ2n) is 9.00. The average molecular weight is 447 g/mol. The lowest BCUT2D eigenvalue weighted by atomic mass is 10.1. The number of nitrogens with zero attached hydrogens (tertiary/aromatic N) is 2. The van der Waals surface area contributed by atoms with Crippen molar-refractivity contribution in [2.75, 3.05) is 6.54 Å². The highest BCUT2D eigenvalue weighted by Crippen LogP contribution is 2.30. The number of aromatic nitrogens is 2. The second kappa shape index (κ2) is 8.30. The zero-order chi connectivity index (χ0) is 23.0. The van der Waals surface area contributed by atoms with Crippen molar-refractivity contribution in [3.05, 3.63) is 46.7 Å². The van der Waals surface area contributed by atoms with E-state index in [0.717, 1.165) is 21.6 Å². The molecule has 0 radical (unpaired) electrons. The van der Waals surface area contributed by atoms with Gasteiger partial charge in [-0.2, -0.15) is 5.10 Å². The van der Waals surface area contributed by atoms with E-state index in [4.69, 9.17) is 4.74 Å². The fraction of sp³-hybridized carbons (Fsp3) is 0.409. The van der Waals surface area contributed by atoms with Crippen LogP contribution in [0.1, 0.15) is 50.0 Å². The van der Waals surface area contributed by atoms with Gasteiger partial charge in [-0.25, -0.2) is 13.9 Å². The molecule has 2 N–H and O–H groups in total. The van der Waals surface area contributed by atoms with Gasteiger partial charge in [0.2, 0.25) is 0 Å². The molecular weight excluding hydrogens is 419 g/mol. The molecule has 0 fully saturated rings. The minimum absolute atomic E-state index is 0.209. The number of thiophene rings is 1. The monoisotopic (exact) mass is 446 g/mol. The van der Waals surface area contributed by atoms with E-state index < -0.39 is 17.2 Å². The molecule has 31 heavy (non-hydrogen) atoms. The Bertz CT molecular complexity index is 1110. The van der Waals surface area contributed by atoms with Crippen LogP contribution in [0.4, 0.5) is 9.18 Å². The Kier molecular flexibility index (Phi) is 6.09. The van der Waals surface area contributed by atoms with Crippen molar-refractivity contribution in [1.82, 2.24) is 20.4 Å². The Morgan fingerprint density at radius 2 is 1.81 bits per heavy atom. The van der Waals surface area contributed by atoms with Crippen LogP contribution in [0.5, 0.6) is 0 Å². The first kappa shape index (κ1) is 22.7. The molecule has 0 aliphatic heterocycles. The number of alkyl carbamates (subject to hydrolysis) is 1. The van der Waals surface area contributed by atoms with Crippen LogP contribution >= 0.6 is 11.3 Å². The lowest BCUT2D eigenvalue weighted by Gasteiger charge is -2.27. The molecule has 0 unspecified atom stereocenters. The topological polar surface area (TPSA) is 85.3 Å². The second-order valence-corrected chi connectivity index (χ2v) is 10.0. The number of fused-ring (bicyclic) bond motifs is 1. The Labute approximate surface area is 184 Å². The van der Waals surface area contributed by atoms with Crippen LogP contribution in [0.25, 0.3) is 15.9 Å². The van der Waals surface area contributed by atoms with Crippen LogP contribution in [0.15, 0.2) is 30.3 Å². The van der Waals surface area contributed by atoms with Gasteiger partial charge in [-0.05, 0) is 71.9 Å². The summed E-state index contributed by atoms with van der Waals surface area (Å²) in [7, 11) is 0. The van der Waals surface area contributed by atoms with E-state index >= 15 is 0 Å². The summed E-state index contributed by atoms with van der Waals surface area (Å²) >= 11 is 1.31. The Morgan fingerprint density at radius 1 is 1.16 bits per heavy atom. The van der Waals surface area contributed by atoms with Gasteiger partial charge < -0.3 is 15.4 Å². The highest BCUT2D eigenvalue weighted by Gasteiger charge is 2.25. The summed E-state index contributed by atoms with van der Waals surface area (Å²) in [6.45, 7) is 11.1. The molecule has 0 bridgehead atoms. The van der Waals surface area contributed by atoms with Crippen molar-refractivity contribution >= 4 is 33.6 Å². The van der Waals surface area contributed by atoms with Gasteiger partial charge in [-0.3, -0.25) is 4.79 Å². The van der Waals surface area contributed by atoms with E-state index in [1.807, 2.05) is 20.8 Å². The molecule has 2 aromatic heterocycles. The van der Waals surface area contributed by atoms with Gasteiger partial charge in [0.15, 0.2) is 0 Å². The molecule has 9 heteroatoms. The zero-order valence-corrected chi connectivity index (χ0v) is 19.3. The number of nitrogens with one attached hydrogen (secondary N) is 2. The van der Waals surface area contributed by atoms with Crippen LogP contribution in [-0.2, 0) is 4.74 Å². The average Bonchev–Trinajstić information content (AvgIpc) is 3.20. The Balaban J connectivity index is 1.74. The lowest BCUT2D eigenvalue weighted by Crippen LogP contribution is -2.51. The van der Waals surface area contributed by atoms with Crippen molar-refractivity contribution < 1.29 is 18.7 Å². The summed E-state index contributed by atoms with van der Waals surface area (Å²) in [5.74, 6) is -0.570. The number of carbonyl (C=O) groups is 2. The molecule has 1 aromatic carbocycles. The zero-order valence-electron chi connectivity index (χ0n) is 18.5. The number of carbonyl (C=O) groups excluding carboxylic acids is 2. The van der Waals surface area contributed by atoms with Crippen LogP contribution in [0, 0.1) is 12.7 Å². The summed E-state index contributed by atoms with van der Waals surface area (Å²) in [5.41, 5.74) is 0.211. The van der Waals surface area contributed by atoms with Crippen molar-refractivity contribution in [2.24, 2.45) is 0 Å². The van der Waals surface area contributed by atoms with Gasteiger partial charge in [-0.1, -0.05) is 0 Å². The molecule has 0 atom stereocenters. The molecule has 0 aliphatic carbocycles. The number of benzene rings is 1. The Hall–Kier alpha value is -2.94. The standard InChI is InChI=1S/C22H27FN4O3S/c1-13-16-11-17(31-19(16)27(26-13)15-9-7-14(23)8-10-15)18(28)25-22(5,6)12-24-20(29)30-21(2,3)4/h7-11H,12H2,1-6H3,(H,24,29)(H,25,28). The highest BCUT2D eigenvalue weighted by atomic mass is 32.1. The smallest absolute Gasteiger partial charge is 0.407 e. The van der Waals surface area contributed by atoms with Gasteiger partial charge in [0.05, 0.1) is 21.8 Å². The van der Waals surface area contributed by atoms with Gasteiger partial charge in [0.25, 0.3) is 5.91 Å². The number of halogens is 1. The third kappa shape index (κ3) is 5.61. The number of hydrogen-bond donors (Lipinski definition) is 2. The van der Waals surface area contributed by atoms with E-state index in [2.05, 4.69) is 15.7 Å². The molecule has 7 nitrogen and oxygen atoms in total. The Morgan fingerprint density at radius 3 is 2.42 bits per heavy atom. The molecule has 0 spiro atoms. The van der Waals surface area contributed by atoms with Gasteiger partial charge in [0, 0.05) is 11.9 Å². The number of rotatable bonds is 5. The first-order valence-electron chi connectivity index (χ1n) is 9.89. The van der Waals surface area contributed by atoms with E-state index in [1.165, 1.54) is 23.5 Å². The number of aryl methyl sites for hydroxylation is 1. The maximum absolute atomic E-state index is 13.3. The van der Waals surface area contributed by atoms with Crippen molar-refractivity contribution in [3.63, 3.8) is 0 Å². The lowest BCUT2D eigenvalue weighted by molar-refractivity contribution is 0.0510. The summed E-state index contributed by atoms with van der Waals surface area (Å²) in [4.78, 5) is 26.1. The maximum atomic E-state index is 13.3. The van der Waals surface area contributed by atoms with E-state index in [9.17, 15) is 14.0 Å². The van der Waals surface area contributed by atoms with Crippen LogP contribution in [0.3, 0.4) is 0 Å². The van der Waals surface area contributed by atoms with E-state index in [-0.39, 0.29) is 18.3 Å². The molecule has 2 amide bonds. The van der Waals surface area contributed by atoms with Crippen LogP contribution in [-0.4, -0.2) is 39.5 Å². The number of amides is 2. The van der Waals surface area contributed by atoms with Gasteiger partial charge in [0.1, 0.15) is 16.2 Å². The summed E-state index contributed by atoms with van der Waals surface area (Å²) in [5, 5.41) is 11.0. The predicted molar refractivity (Wildman–Crippen MR) is 119 cm³/mol. The molecule has 166 valence electrons. The first-order chi connectivity index (χ1) is 14.3. The minimum Gasteiger partial charge on any atom is -0.444 e. The molecule has 2 heterocycles. The highest BCUT2D eigenvalue weighted by molar-refractivity contribution is 7.20. The molecule has 0 aliphatic rings. The summed E-state index contributed by atoms with van der Waals surface area (Å²) in [6.07, 6.45) is -0.535. The van der Waals surface area contributed by atoms with Crippen molar-refractivity contribution in [3.8, 4) is 5.69 Å². The fourth-order valence-electron chi connectivity index (χ4n) is 2.94. The number of ether oxygens (including phenoxy) is 1. The molecular formula is C22H27FN4O3S. The first-order valence-corrected chi connectivity index (χ1v) is 10.7. The summed E-state index contributed by atoms with van der Waals surface area (Å²) < 4.78 is 20.2. The molecule has 3 aromatic rings. The normalized spacial score (nSPS) is 12.1. The molecule has 0 saturated heterocycles. The molecule has 3 rings (SSSR count). The van der Waals surface area contributed by atoms with Crippen LogP contribution < -0.4 is 10.6 Å².